The average Bonchev–Trinajstić information content (AvgIpc) is 3.15. The Balaban J connectivity index is 2.07. The third kappa shape index (κ3) is 2.27. The Morgan fingerprint density at radius 1 is 1.43 bits per heavy atom. The molecule has 0 amide bonds. The summed E-state index contributed by atoms with van der Waals surface area (Å²) in [5.41, 5.74) is 2.16. The summed E-state index contributed by atoms with van der Waals surface area (Å²) >= 11 is 1.22. The van der Waals surface area contributed by atoms with Crippen molar-refractivity contribution in [3.63, 3.8) is 0 Å². The molecule has 0 fully saturated rings. The van der Waals surface area contributed by atoms with Crippen LogP contribution in [0.2, 0.25) is 0 Å². The Labute approximate surface area is 123 Å². The Hall–Kier alpha value is -2.67. The molecule has 3 aromatic rings. The van der Waals surface area contributed by atoms with Crippen molar-refractivity contribution in [2.45, 2.75) is 0 Å². The van der Waals surface area contributed by atoms with Gasteiger partial charge in [-0.2, -0.15) is 0 Å². The van der Waals surface area contributed by atoms with Gasteiger partial charge in [-0.15, -0.1) is 11.3 Å². The van der Waals surface area contributed by atoms with E-state index in [4.69, 9.17) is 0 Å². The smallest absolute Gasteiger partial charge is 0.357 e. The van der Waals surface area contributed by atoms with Gasteiger partial charge in [0.25, 0.3) is 0 Å². The summed E-state index contributed by atoms with van der Waals surface area (Å²) in [6, 6.07) is 7.66. The maximum atomic E-state index is 11.4. The number of carbonyl (C=O) groups excluding carboxylic acids is 1. The standard InChI is InChI=1S/C14H11N3O3S/c1-20-14(18)11-7-21-13(16-11)12(17-19)9-6-15-10-5-3-2-4-8(9)10/h2-7,15,19H,1H3/b17-12-. The lowest BCUT2D eigenvalue weighted by molar-refractivity contribution is 0.0595. The fourth-order valence-electron chi connectivity index (χ4n) is 2.06. The molecule has 0 spiro atoms. The van der Waals surface area contributed by atoms with Gasteiger partial charge in [0, 0.05) is 28.0 Å². The lowest BCUT2D eigenvalue weighted by Crippen LogP contribution is -2.05. The van der Waals surface area contributed by atoms with Crippen molar-refractivity contribution in [1.29, 1.82) is 0 Å². The minimum absolute atomic E-state index is 0.193. The van der Waals surface area contributed by atoms with Crippen LogP contribution in [0.1, 0.15) is 21.1 Å². The van der Waals surface area contributed by atoms with Gasteiger partial charge in [0.05, 0.1) is 7.11 Å². The van der Waals surface area contributed by atoms with Crippen LogP contribution >= 0.6 is 11.3 Å². The monoisotopic (exact) mass is 301 g/mol. The SMILES string of the molecule is COC(=O)c1csc(/C(=N\O)c2c[nH]c3ccccc23)n1. The number of hydrogen-bond acceptors (Lipinski definition) is 6. The molecular formula is C14H11N3O3S. The number of nitrogens with zero attached hydrogens (tertiary/aromatic N) is 2. The van der Waals surface area contributed by atoms with Crippen molar-refractivity contribution in [3.8, 4) is 0 Å². The van der Waals surface area contributed by atoms with Gasteiger partial charge in [-0.05, 0) is 6.07 Å². The van der Waals surface area contributed by atoms with Crippen LogP contribution in [0, 0.1) is 0 Å². The van der Waals surface area contributed by atoms with Gasteiger partial charge in [0.15, 0.2) is 5.69 Å². The van der Waals surface area contributed by atoms with Crippen molar-refractivity contribution in [3.05, 3.63) is 52.1 Å². The lowest BCUT2D eigenvalue weighted by atomic mass is 10.1. The zero-order valence-electron chi connectivity index (χ0n) is 11.0. The first-order valence-electron chi connectivity index (χ1n) is 6.07. The van der Waals surface area contributed by atoms with Crippen molar-refractivity contribution in [1.82, 2.24) is 9.97 Å². The molecule has 21 heavy (non-hydrogen) atoms. The van der Waals surface area contributed by atoms with Gasteiger partial charge in [-0.1, -0.05) is 23.4 Å². The molecular weight excluding hydrogens is 290 g/mol. The molecule has 0 aliphatic rings. The number of carbonyl (C=O) groups is 1. The zero-order chi connectivity index (χ0) is 14.8. The highest BCUT2D eigenvalue weighted by Gasteiger charge is 2.18. The summed E-state index contributed by atoms with van der Waals surface area (Å²) in [6.45, 7) is 0. The Bertz CT molecular complexity index is 835. The van der Waals surface area contributed by atoms with Crippen LogP contribution < -0.4 is 0 Å². The predicted molar refractivity (Wildman–Crippen MR) is 79.2 cm³/mol. The van der Waals surface area contributed by atoms with Crippen molar-refractivity contribution in [2.75, 3.05) is 7.11 Å². The number of aromatic amines is 1. The van der Waals surface area contributed by atoms with Crippen LogP contribution in [0.25, 0.3) is 10.9 Å². The highest BCUT2D eigenvalue weighted by atomic mass is 32.1. The molecule has 0 bridgehead atoms. The van der Waals surface area contributed by atoms with E-state index in [0.717, 1.165) is 16.5 Å². The quantitative estimate of drug-likeness (QED) is 0.337. The summed E-state index contributed by atoms with van der Waals surface area (Å²) in [6.07, 6.45) is 1.75. The second-order valence-electron chi connectivity index (χ2n) is 4.23. The Kier molecular flexibility index (Phi) is 3.41. The maximum absolute atomic E-state index is 11.4. The van der Waals surface area contributed by atoms with Crippen LogP contribution in [0.5, 0.6) is 0 Å². The van der Waals surface area contributed by atoms with E-state index in [9.17, 15) is 10.0 Å². The summed E-state index contributed by atoms with van der Waals surface area (Å²) in [5.74, 6) is -0.520. The molecule has 1 aromatic carbocycles. The third-order valence-corrected chi connectivity index (χ3v) is 3.89. The number of benzene rings is 1. The predicted octanol–water partition coefficient (Wildman–Crippen LogP) is 2.64. The van der Waals surface area contributed by atoms with Gasteiger partial charge in [0.1, 0.15) is 10.7 Å². The fourth-order valence-corrected chi connectivity index (χ4v) is 2.85. The van der Waals surface area contributed by atoms with E-state index in [1.54, 1.807) is 11.6 Å². The first-order chi connectivity index (χ1) is 10.2. The number of methoxy groups -OCH3 is 1. The lowest BCUT2D eigenvalue weighted by Gasteiger charge is -1.99. The van der Waals surface area contributed by atoms with Crippen molar-refractivity contribution >= 4 is 33.9 Å². The molecule has 0 saturated heterocycles. The summed E-state index contributed by atoms with van der Waals surface area (Å²) in [5, 5.41) is 15.6. The van der Waals surface area contributed by atoms with Crippen molar-refractivity contribution in [2.24, 2.45) is 5.16 Å². The number of hydrogen-bond donors (Lipinski definition) is 2. The molecule has 0 saturated carbocycles. The van der Waals surface area contributed by atoms with Gasteiger partial charge in [-0.3, -0.25) is 0 Å². The topological polar surface area (TPSA) is 87.6 Å². The number of para-hydroxylation sites is 1. The normalized spacial score (nSPS) is 11.8. The number of ether oxygens (including phenoxy) is 1. The first-order valence-corrected chi connectivity index (χ1v) is 6.95. The highest BCUT2D eigenvalue weighted by molar-refractivity contribution is 7.12. The maximum Gasteiger partial charge on any atom is 0.357 e. The molecule has 2 N–H and O–H groups in total. The van der Waals surface area contributed by atoms with Crippen LogP contribution in [0.4, 0.5) is 0 Å². The summed E-state index contributed by atoms with van der Waals surface area (Å²) < 4.78 is 4.62. The van der Waals surface area contributed by atoms with E-state index in [1.165, 1.54) is 18.4 Å². The minimum atomic E-state index is -0.520. The van der Waals surface area contributed by atoms with Crippen LogP contribution in [0.3, 0.4) is 0 Å². The second-order valence-corrected chi connectivity index (χ2v) is 5.08. The highest BCUT2D eigenvalue weighted by Crippen LogP contribution is 2.23. The van der Waals surface area contributed by atoms with E-state index >= 15 is 0 Å². The third-order valence-electron chi connectivity index (χ3n) is 3.05. The Morgan fingerprint density at radius 3 is 3.00 bits per heavy atom. The number of thiazole rings is 1. The van der Waals surface area contributed by atoms with E-state index in [2.05, 4.69) is 19.9 Å². The molecule has 0 aliphatic heterocycles. The van der Waals surface area contributed by atoms with Crippen molar-refractivity contribution < 1.29 is 14.7 Å². The van der Waals surface area contributed by atoms with Crippen LogP contribution in [0.15, 0.2) is 41.0 Å². The number of nitrogens with one attached hydrogen (secondary N) is 1. The fraction of sp³-hybridized carbons (Fsp3) is 0.0714. The number of aromatic nitrogens is 2. The van der Waals surface area contributed by atoms with Gasteiger partial charge in [0.2, 0.25) is 0 Å². The van der Waals surface area contributed by atoms with E-state index in [1.807, 2.05) is 24.3 Å². The average molecular weight is 301 g/mol. The number of rotatable bonds is 3. The summed E-state index contributed by atoms with van der Waals surface area (Å²) in [7, 11) is 1.29. The van der Waals surface area contributed by atoms with Gasteiger partial charge in [-0.25, -0.2) is 9.78 Å². The molecule has 7 heteroatoms. The molecule has 0 aliphatic carbocycles. The van der Waals surface area contributed by atoms with E-state index in [-0.39, 0.29) is 5.69 Å². The van der Waals surface area contributed by atoms with Gasteiger partial charge < -0.3 is 14.9 Å². The van der Waals surface area contributed by atoms with E-state index < -0.39 is 5.97 Å². The molecule has 2 aromatic heterocycles. The van der Waals surface area contributed by atoms with Crippen LogP contribution in [-0.4, -0.2) is 34.0 Å². The zero-order valence-corrected chi connectivity index (χ0v) is 11.8. The Morgan fingerprint density at radius 2 is 2.24 bits per heavy atom. The number of H-pyrrole nitrogens is 1. The number of fused-ring (bicyclic) bond motifs is 1. The molecule has 0 unspecified atom stereocenters. The first kappa shape index (κ1) is 13.3. The molecule has 2 heterocycles. The number of oxime groups is 1. The summed E-state index contributed by atoms with van der Waals surface area (Å²) in [4.78, 5) is 18.7. The molecule has 3 rings (SSSR count). The minimum Gasteiger partial charge on any atom is -0.464 e. The second kappa shape index (κ2) is 5.37. The molecule has 0 radical (unpaired) electrons. The van der Waals surface area contributed by atoms with Gasteiger partial charge >= 0.3 is 5.97 Å². The van der Waals surface area contributed by atoms with Crippen LogP contribution in [-0.2, 0) is 4.74 Å². The van der Waals surface area contributed by atoms with E-state index in [0.29, 0.717) is 10.7 Å². The number of esters is 1. The largest absolute Gasteiger partial charge is 0.464 e. The molecule has 6 nitrogen and oxygen atoms in total. The molecule has 106 valence electrons. The molecule has 0 atom stereocenters.